The van der Waals surface area contributed by atoms with Crippen LogP contribution in [0.5, 0.6) is 5.75 Å². The Morgan fingerprint density at radius 2 is 2.14 bits per heavy atom. The summed E-state index contributed by atoms with van der Waals surface area (Å²) in [5.74, 6) is 2.74. The van der Waals surface area contributed by atoms with E-state index in [0.717, 1.165) is 29.7 Å². The summed E-state index contributed by atoms with van der Waals surface area (Å²) >= 11 is 3.22. The van der Waals surface area contributed by atoms with Gasteiger partial charge in [-0.3, -0.25) is 9.36 Å². The highest BCUT2D eigenvalue weighted by atomic mass is 32.2. The zero-order valence-electron chi connectivity index (χ0n) is 11.9. The first-order valence-electron chi connectivity index (χ1n) is 7.51. The first kappa shape index (κ1) is 13.2. The van der Waals surface area contributed by atoms with Crippen molar-refractivity contribution in [1.29, 1.82) is 0 Å². The molecular weight excluding hydrogens is 318 g/mol. The van der Waals surface area contributed by atoms with Gasteiger partial charge in [0.2, 0.25) is 0 Å². The van der Waals surface area contributed by atoms with Crippen molar-refractivity contribution in [3.63, 3.8) is 0 Å². The molecule has 0 saturated carbocycles. The van der Waals surface area contributed by atoms with Gasteiger partial charge in [0.05, 0.1) is 30.9 Å². The van der Waals surface area contributed by atoms with Crippen molar-refractivity contribution in [2.45, 2.75) is 23.6 Å². The van der Waals surface area contributed by atoms with Crippen LogP contribution in [0.2, 0.25) is 0 Å². The standard InChI is InChI=1S/C16H15NO3S2/c18-16-17(5-10-7-19-10)15-14(22-16)13-9(8-21-15)6-20-12-4-2-1-3-11(12)13/h1-4,9-10,13H,5-8H2/t9-,10-,13-/m0/s1. The van der Waals surface area contributed by atoms with Crippen molar-refractivity contribution >= 4 is 23.1 Å². The molecule has 2 aromatic rings. The summed E-state index contributed by atoms with van der Waals surface area (Å²) in [4.78, 5) is 13.8. The molecule has 1 fully saturated rings. The molecule has 0 bridgehead atoms. The fourth-order valence-corrected chi connectivity index (χ4v) is 6.10. The van der Waals surface area contributed by atoms with Crippen LogP contribution in [-0.2, 0) is 11.3 Å². The second-order valence-electron chi connectivity index (χ2n) is 6.00. The first-order valence-corrected chi connectivity index (χ1v) is 9.31. The Balaban J connectivity index is 1.65. The van der Waals surface area contributed by atoms with Gasteiger partial charge in [0.1, 0.15) is 5.75 Å². The van der Waals surface area contributed by atoms with Crippen molar-refractivity contribution in [2.24, 2.45) is 5.92 Å². The van der Waals surface area contributed by atoms with Crippen LogP contribution in [0.4, 0.5) is 0 Å². The normalized spacial score (nSPS) is 28.3. The van der Waals surface area contributed by atoms with Gasteiger partial charge in [0.15, 0.2) is 0 Å². The van der Waals surface area contributed by atoms with Gasteiger partial charge in [-0.2, -0.15) is 0 Å². The first-order chi connectivity index (χ1) is 10.8. The Kier molecular flexibility index (Phi) is 2.93. The molecule has 3 atom stereocenters. The molecule has 3 aliphatic rings. The van der Waals surface area contributed by atoms with Crippen LogP contribution in [0, 0.1) is 5.92 Å². The van der Waals surface area contributed by atoms with Crippen LogP contribution in [0.3, 0.4) is 0 Å². The molecule has 22 heavy (non-hydrogen) atoms. The average Bonchev–Trinajstić information content (AvgIpc) is 3.31. The molecule has 3 aliphatic heterocycles. The molecule has 0 N–H and O–H groups in total. The summed E-state index contributed by atoms with van der Waals surface area (Å²) < 4.78 is 13.1. The molecule has 0 spiro atoms. The van der Waals surface area contributed by atoms with Crippen molar-refractivity contribution in [3.05, 3.63) is 44.4 Å². The molecule has 0 unspecified atom stereocenters. The van der Waals surface area contributed by atoms with Crippen molar-refractivity contribution in [1.82, 2.24) is 4.57 Å². The lowest BCUT2D eigenvalue weighted by atomic mass is 9.84. The maximum Gasteiger partial charge on any atom is 0.308 e. The highest BCUT2D eigenvalue weighted by Gasteiger charge is 2.40. The van der Waals surface area contributed by atoms with Crippen LogP contribution in [0.15, 0.2) is 34.1 Å². The van der Waals surface area contributed by atoms with E-state index in [4.69, 9.17) is 9.47 Å². The summed E-state index contributed by atoms with van der Waals surface area (Å²) in [6.45, 7) is 2.23. The minimum Gasteiger partial charge on any atom is -0.493 e. The number of hydrogen-bond donors (Lipinski definition) is 0. The Morgan fingerprint density at radius 1 is 1.27 bits per heavy atom. The SMILES string of the molecule is O=c1sc2c(n1C[C@H]1CO1)SC[C@@H]1COc3ccccc3[C@@H]21. The van der Waals surface area contributed by atoms with Crippen LogP contribution >= 0.6 is 23.1 Å². The third kappa shape index (κ3) is 1.97. The molecule has 1 aromatic heterocycles. The summed E-state index contributed by atoms with van der Waals surface area (Å²) in [6, 6.07) is 8.24. The third-order valence-electron chi connectivity index (χ3n) is 4.56. The molecule has 114 valence electrons. The third-order valence-corrected chi connectivity index (χ3v) is 7.06. The molecule has 6 heteroatoms. The highest BCUT2D eigenvalue weighted by molar-refractivity contribution is 7.99. The Labute approximate surface area is 136 Å². The van der Waals surface area contributed by atoms with Crippen molar-refractivity contribution < 1.29 is 9.47 Å². The van der Waals surface area contributed by atoms with Crippen molar-refractivity contribution in [3.8, 4) is 5.75 Å². The summed E-state index contributed by atoms with van der Waals surface area (Å²) in [6.07, 6.45) is 0.233. The summed E-state index contributed by atoms with van der Waals surface area (Å²) in [5, 5.41) is 1.16. The molecule has 4 nitrogen and oxygen atoms in total. The van der Waals surface area contributed by atoms with Gasteiger partial charge in [-0.05, 0) is 6.07 Å². The number of fused-ring (bicyclic) bond motifs is 5. The van der Waals surface area contributed by atoms with Crippen LogP contribution < -0.4 is 9.61 Å². The maximum absolute atomic E-state index is 12.4. The number of hydrogen-bond acceptors (Lipinski definition) is 5. The van der Waals surface area contributed by atoms with Gasteiger partial charge in [0, 0.05) is 28.0 Å². The number of nitrogens with zero attached hydrogens (tertiary/aromatic N) is 1. The molecule has 1 aromatic carbocycles. The Morgan fingerprint density at radius 3 is 3.00 bits per heavy atom. The van der Waals surface area contributed by atoms with Gasteiger partial charge in [-0.1, -0.05) is 29.5 Å². The van der Waals surface area contributed by atoms with Gasteiger partial charge in [-0.15, -0.1) is 11.8 Å². The molecule has 4 heterocycles. The van der Waals surface area contributed by atoms with Crippen LogP contribution in [0.25, 0.3) is 0 Å². The predicted octanol–water partition coefficient (Wildman–Crippen LogP) is 2.55. The molecule has 0 amide bonds. The predicted molar refractivity (Wildman–Crippen MR) is 86.3 cm³/mol. The molecule has 5 rings (SSSR count). The number of ether oxygens (including phenoxy) is 2. The minimum absolute atomic E-state index is 0.151. The van der Waals surface area contributed by atoms with E-state index in [1.807, 2.05) is 16.7 Å². The number of benzene rings is 1. The zero-order valence-corrected chi connectivity index (χ0v) is 13.5. The molecule has 0 radical (unpaired) electrons. The molecule has 0 aliphatic carbocycles. The van der Waals surface area contributed by atoms with E-state index in [0.29, 0.717) is 18.4 Å². The lowest BCUT2D eigenvalue weighted by Crippen LogP contribution is -2.31. The number of thioether (sulfide) groups is 1. The fourth-order valence-electron chi connectivity index (χ4n) is 3.39. The van der Waals surface area contributed by atoms with E-state index in [9.17, 15) is 4.79 Å². The lowest BCUT2D eigenvalue weighted by molar-refractivity contribution is 0.218. The van der Waals surface area contributed by atoms with E-state index in [2.05, 4.69) is 12.1 Å². The second-order valence-corrected chi connectivity index (χ2v) is 8.00. The van der Waals surface area contributed by atoms with Gasteiger partial charge in [-0.25, -0.2) is 0 Å². The van der Waals surface area contributed by atoms with Gasteiger partial charge >= 0.3 is 4.87 Å². The Bertz CT molecular complexity index is 793. The van der Waals surface area contributed by atoms with E-state index in [-0.39, 0.29) is 11.0 Å². The number of aromatic nitrogens is 1. The number of thiazole rings is 1. The summed E-state index contributed by atoms with van der Waals surface area (Å²) in [7, 11) is 0. The molecular formula is C16H15NO3S2. The Hall–Kier alpha value is -1.24. The van der Waals surface area contributed by atoms with Crippen molar-refractivity contribution in [2.75, 3.05) is 19.0 Å². The van der Waals surface area contributed by atoms with E-state index >= 15 is 0 Å². The van der Waals surface area contributed by atoms with Crippen LogP contribution in [-0.4, -0.2) is 29.6 Å². The fraction of sp³-hybridized carbons (Fsp3) is 0.438. The number of para-hydroxylation sites is 1. The highest BCUT2D eigenvalue weighted by Crippen LogP contribution is 2.50. The lowest BCUT2D eigenvalue weighted by Gasteiger charge is -2.36. The molecule has 1 saturated heterocycles. The summed E-state index contributed by atoms with van der Waals surface area (Å²) in [5.41, 5.74) is 1.23. The van der Waals surface area contributed by atoms with Gasteiger partial charge in [0.25, 0.3) is 0 Å². The smallest absolute Gasteiger partial charge is 0.308 e. The topological polar surface area (TPSA) is 43.8 Å². The monoisotopic (exact) mass is 333 g/mol. The largest absolute Gasteiger partial charge is 0.493 e. The van der Waals surface area contributed by atoms with Gasteiger partial charge < -0.3 is 9.47 Å². The quantitative estimate of drug-likeness (QED) is 0.792. The van der Waals surface area contributed by atoms with E-state index < -0.39 is 0 Å². The minimum atomic E-state index is 0.151. The number of epoxide rings is 1. The number of rotatable bonds is 2. The average molecular weight is 333 g/mol. The van der Waals surface area contributed by atoms with Crippen LogP contribution in [0.1, 0.15) is 16.4 Å². The zero-order chi connectivity index (χ0) is 14.7. The second kappa shape index (κ2) is 4.88. The maximum atomic E-state index is 12.4. The van der Waals surface area contributed by atoms with E-state index in [1.165, 1.54) is 21.8 Å². The van der Waals surface area contributed by atoms with E-state index in [1.54, 1.807) is 11.8 Å².